The van der Waals surface area contributed by atoms with Gasteiger partial charge in [-0.05, 0) is 19.3 Å². The van der Waals surface area contributed by atoms with Crippen molar-refractivity contribution in [1.82, 2.24) is 10.6 Å². The lowest BCUT2D eigenvalue weighted by Crippen LogP contribution is -2.45. The first kappa shape index (κ1) is 10.9. The number of nitrogens with one attached hydrogen (secondary N) is 2. The van der Waals surface area contributed by atoms with Crippen LogP contribution in [0.1, 0.15) is 38.5 Å². The molecule has 0 unspecified atom stereocenters. The molecule has 0 bridgehead atoms. The molecule has 1 saturated heterocycles. The van der Waals surface area contributed by atoms with Crippen LogP contribution in [0, 0.1) is 0 Å². The van der Waals surface area contributed by atoms with Gasteiger partial charge in [0.15, 0.2) is 0 Å². The zero-order valence-electron chi connectivity index (χ0n) is 9.04. The van der Waals surface area contributed by atoms with Crippen molar-refractivity contribution in [3.63, 3.8) is 0 Å². The predicted molar refractivity (Wildman–Crippen MR) is 57.4 cm³/mol. The second-order valence-electron chi connectivity index (χ2n) is 4.69. The monoisotopic (exact) mass is 212 g/mol. The summed E-state index contributed by atoms with van der Waals surface area (Å²) < 4.78 is 0. The van der Waals surface area contributed by atoms with E-state index < -0.39 is 0 Å². The molecule has 0 radical (unpaired) electrons. The van der Waals surface area contributed by atoms with Gasteiger partial charge in [-0.15, -0.1) is 0 Å². The van der Waals surface area contributed by atoms with Crippen LogP contribution in [0.25, 0.3) is 0 Å². The van der Waals surface area contributed by atoms with Crippen LogP contribution < -0.4 is 10.6 Å². The second kappa shape index (κ2) is 4.94. The van der Waals surface area contributed by atoms with Crippen LogP contribution in [-0.2, 0) is 4.79 Å². The van der Waals surface area contributed by atoms with E-state index in [0.717, 1.165) is 12.8 Å². The van der Waals surface area contributed by atoms with Gasteiger partial charge < -0.3 is 15.7 Å². The fourth-order valence-corrected chi connectivity index (χ4v) is 2.47. The zero-order valence-corrected chi connectivity index (χ0v) is 9.04. The normalized spacial score (nSPS) is 32.9. The van der Waals surface area contributed by atoms with Gasteiger partial charge in [-0.2, -0.15) is 0 Å². The smallest absolute Gasteiger partial charge is 0.237 e. The Balaban J connectivity index is 1.76. The standard InChI is InChI=1S/C11H20N2O2/c14-9-6-10(12-7-9)11(15)13-8-4-2-1-3-5-8/h8-10,12,14H,1-7H2,(H,13,15)/t9-,10+/m0/s1. The second-order valence-corrected chi connectivity index (χ2v) is 4.69. The van der Waals surface area contributed by atoms with Crippen LogP contribution in [0.3, 0.4) is 0 Å². The van der Waals surface area contributed by atoms with Gasteiger partial charge in [-0.1, -0.05) is 19.3 Å². The Kier molecular flexibility index (Phi) is 3.59. The average molecular weight is 212 g/mol. The maximum absolute atomic E-state index is 11.8. The Hall–Kier alpha value is -0.610. The summed E-state index contributed by atoms with van der Waals surface area (Å²) in [6, 6.07) is 0.188. The van der Waals surface area contributed by atoms with Crippen molar-refractivity contribution in [2.45, 2.75) is 56.7 Å². The molecule has 0 aromatic rings. The van der Waals surface area contributed by atoms with E-state index in [2.05, 4.69) is 10.6 Å². The molecule has 3 N–H and O–H groups in total. The van der Waals surface area contributed by atoms with Gasteiger partial charge >= 0.3 is 0 Å². The number of aliphatic hydroxyl groups excluding tert-OH is 1. The molecule has 15 heavy (non-hydrogen) atoms. The fraction of sp³-hybridized carbons (Fsp3) is 0.909. The maximum Gasteiger partial charge on any atom is 0.237 e. The fourth-order valence-electron chi connectivity index (χ4n) is 2.47. The number of aliphatic hydroxyl groups is 1. The Morgan fingerprint density at radius 2 is 2.00 bits per heavy atom. The molecule has 0 spiro atoms. The SMILES string of the molecule is O=C(NC1CCCCC1)[C@H]1C[C@H](O)CN1. The molecule has 86 valence electrons. The molecule has 0 aromatic carbocycles. The number of β-amino-alcohol motifs (C(OH)–C–C–N with tert-alkyl or cyclic N) is 1. The Labute approximate surface area is 90.4 Å². The summed E-state index contributed by atoms with van der Waals surface area (Å²) >= 11 is 0. The highest BCUT2D eigenvalue weighted by Gasteiger charge is 2.29. The highest BCUT2D eigenvalue weighted by molar-refractivity contribution is 5.82. The highest BCUT2D eigenvalue weighted by Crippen LogP contribution is 2.18. The van der Waals surface area contributed by atoms with E-state index in [1.54, 1.807) is 0 Å². The Morgan fingerprint density at radius 3 is 2.60 bits per heavy atom. The third kappa shape index (κ3) is 2.92. The molecule has 0 aromatic heterocycles. The predicted octanol–water partition coefficient (Wildman–Crippen LogP) is 0.158. The van der Waals surface area contributed by atoms with Gasteiger partial charge in [0.05, 0.1) is 12.1 Å². The van der Waals surface area contributed by atoms with E-state index in [4.69, 9.17) is 0 Å². The molecule has 1 saturated carbocycles. The average Bonchev–Trinajstić information content (AvgIpc) is 2.66. The van der Waals surface area contributed by atoms with E-state index in [-0.39, 0.29) is 18.1 Å². The van der Waals surface area contributed by atoms with Crippen LogP contribution >= 0.6 is 0 Å². The summed E-state index contributed by atoms with van der Waals surface area (Å²) in [5, 5.41) is 15.4. The molecular formula is C11H20N2O2. The van der Waals surface area contributed by atoms with Crippen molar-refractivity contribution in [2.75, 3.05) is 6.54 Å². The first-order valence-corrected chi connectivity index (χ1v) is 5.97. The topological polar surface area (TPSA) is 61.4 Å². The molecule has 4 nitrogen and oxygen atoms in total. The minimum absolute atomic E-state index is 0.0680. The van der Waals surface area contributed by atoms with E-state index in [0.29, 0.717) is 19.0 Å². The van der Waals surface area contributed by atoms with Crippen molar-refractivity contribution in [1.29, 1.82) is 0 Å². The van der Waals surface area contributed by atoms with Gasteiger partial charge in [0.2, 0.25) is 5.91 Å². The third-order valence-corrected chi connectivity index (χ3v) is 3.38. The van der Waals surface area contributed by atoms with Crippen molar-refractivity contribution >= 4 is 5.91 Å². The van der Waals surface area contributed by atoms with Gasteiger partial charge in [0.1, 0.15) is 0 Å². The molecular weight excluding hydrogens is 192 g/mol. The number of hydrogen-bond acceptors (Lipinski definition) is 3. The highest BCUT2D eigenvalue weighted by atomic mass is 16.3. The first-order valence-electron chi connectivity index (χ1n) is 5.97. The summed E-state index contributed by atoms with van der Waals surface area (Å²) in [7, 11) is 0. The summed E-state index contributed by atoms with van der Waals surface area (Å²) in [5.41, 5.74) is 0. The van der Waals surface area contributed by atoms with Crippen molar-refractivity contribution in [2.24, 2.45) is 0 Å². The largest absolute Gasteiger partial charge is 0.392 e. The zero-order chi connectivity index (χ0) is 10.7. The number of hydrogen-bond donors (Lipinski definition) is 3. The first-order chi connectivity index (χ1) is 7.25. The lowest BCUT2D eigenvalue weighted by Gasteiger charge is -2.24. The summed E-state index contributed by atoms with van der Waals surface area (Å²) in [5.74, 6) is 0.0680. The van der Waals surface area contributed by atoms with E-state index in [9.17, 15) is 9.90 Å². The molecule has 2 aliphatic rings. The third-order valence-electron chi connectivity index (χ3n) is 3.38. The van der Waals surface area contributed by atoms with E-state index in [1.165, 1.54) is 19.3 Å². The number of carbonyl (C=O) groups is 1. The summed E-state index contributed by atoms with van der Waals surface area (Å²) in [6.07, 6.45) is 6.18. The van der Waals surface area contributed by atoms with Crippen molar-refractivity contribution in [3.8, 4) is 0 Å². The van der Waals surface area contributed by atoms with Gasteiger partial charge in [0.25, 0.3) is 0 Å². The maximum atomic E-state index is 11.8. The molecule has 4 heteroatoms. The summed E-state index contributed by atoms with van der Waals surface area (Å²) in [4.78, 5) is 11.8. The quantitative estimate of drug-likeness (QED) is 0.611. The molecule has 2 atom stereocenters. The molecule has 1 heterocycles. The van der Waals surface area contributed by atoms with Crippen molar-refractivity contribution < 1.29 is 9.90 Å². The molecule has 1 aliphatic heterocycles. The molecule has 1 aliphatic carbocycles. The minimum Gasteiger partial charge on any atom is -0.392 e. The lowest BCUT2D eigenvalue weighted by atomic mass is 9.95. The molecule has 2 fully saturated rings. The van der Waals surface area contributed by atoms with Crippen LogP contribution in [0.2, 0.25) is 0 Å². The van der Waals surface area contributed by atoms with Gasteiger partial charge in [-0.25, -0.2) is 0 Å². The molecule has 2 rings (SSSR count). The van der Waals surface area contributed by atoms with Gasteiger partial charge in [-0.3, -0.25) is 4.79 Å². The van der Waals surface area contributed by atoms with Crippen LogP contribution in [0.15, 0.2) is 0 Å². The number of rotatable bonds is 2. The van der Waals surface area contributed by atoms with Crippen molar-refractivity contribution in [3.05, 3.63) is 0 Å². The van der Waals surface area contributed by atoms with Crippen LogP contribution in [-0.4, -0.2) is 35.7 Å². The molecule has 1 amide bonds. The number of amides is 1. The van der Waals surface area contributed by atoms with Gasteiger partial charge in [0, 0.05) is 12.6 Å². The Morgan fingerprint density at radius 1 is 1.27 bits per heavy atom. The minimum atomic E-state index is -0.355. The van der Waals surface area contributed by atoms with E-state index in [1.807, 2.05) is 0 Å². The lowest BCUT2D eigenvalue weighted by molar-refractivity contribution is -0.123. The Bertz CT molecular complexity index is 227. The van der Waals surface area contributed by atoms with Crippen LogP contribution in [0.5, 0.6) is 0 Å². The van der Waals surface area contributed by atoms with E-state index >= 15 is 0 Å². The summed E-state index contributed by atoms with van der Waals surface area (Å²) in [6.45, 7) is 0.544. The number of carbonyl (C=O) groups excluding carboxylic acids is 1. The van der Waals surface area contributed by atoms with Crippen LogP contribution in [0.4, 0.5) is 0 Å².